The molecule has 2 aromatic heterocycles. The third-order valence-corrected chi connectivity index (χ3v) is 4.36. The number of furan rings is 1. The van der Waals surface area contributed by atoms with Crippen molar-refractivity contribution in [3.05, 3.63) is 38.6 Å². The second-order valence-electron chi connectivity index (χ2n) is 4.44. The lowest BCUT2D eigenvalue weighted by atomic mass is 10.2. The summed E-state index contributed by atoms with van der Waals surface area (Å²) in [6.45, 7) is 0. The first kappa shape index (κ1) is 15.8. The molecular formula is C11H6BrFN3O6P. The predicted molar refractivity (Wildman–Crippen MR) is 79.8 cm³/mol. The SMILES string of the molecule is O=[N+]([O-])c1c(F)cc(Br)c2nc(-c3ccc(P(=O)(O)O)o3)[nH]c12. The molecule has 120 valence electrons. The molecule has 0 aliphatic carbocycles. The zero-order valence-electron chi connectivity index (χ0n) is 10.9. The van der Waals surface area contributed by atoms with Gasteiger partial charge in [0.1, 0.15) is 11.0 Å². The van der Waals surface area contributed by atoms with Crippen molar-refractivity contribution in [1.29, 1.82) is 0 Å². The van der Waals surface area contributed by atoms with Crippen molar-refractivity contribution in [3.63, 3.8) is 0 Å². The molecule has 9 nitrogen and oxygen atoms in total. The van der Waals surface area contributed by atoms with Crippen molar-refractivity contribution in [3.8, 4) is 11.6 Å². The Labute approximate surface area is 134 Å². The van der Waals surface area contributed by atoms with Crippen LogP contribution in [0.3, 0.4) is 0 Å². The minimum Gasteiger partial charge on any atom is -0.445 e. The van der Waals surface area contributed by atoms with Gasteiger partial charge in [-0.1, -0.05) is 0 Å². The van der Waals surface area contributed by atoms with E-state index in [0.29, 0.717) is 0 Å². The van der Waals surface area contributed by atoms with Crippen molar-refractivity contribution >= 4 is 45.7 Å². The molecule has 12 heteroatoms. The van der Waals surface area contributed by atoms with E-state index in [0.717, 1.165) is 12.1 Å². The molecule has 0 bridgehead atoms. The van der Waals surface area contributed by atoms with Crippen LogP contribution < -0.4 is 5.50 Å². The van der Waals surface area contributed by atoms with Crippen LogP contribution in [0.5, 0.6) is 0 Å². The van der Waals surface area contributed by atoms with Crippen LogP contribution in [0.4, 0.5) is 10.1 Å². The van der Waals surface area contributed by atoms with Crippen LogP contribution in [-0.4, -0.2) is 24.7 Å². The van der Waals surface area contributed by atoms with Gasteiger partial charge in [-0.15, -0.1) is 0 Å². The highest BCUT2D eigenvalue weighted by molar-refractivity contribution is 9.10. The van der Waals surface area contributed by atoms with Gasteiger partial charge < -0.3 is 19.2 Å². The molecule has 23 heavy (non-hydrogen) atoms. The van der Waals surface area contributed by atoms with E-state index in [1.165, 1.54) is 6.07 Å². The standard InChI is InChI=1S/C11H6BrFN3O6P/c12-4-3-5(13)10(16(17)18)9-8(4)14-11(15-9)6-1-2-7(22-6)23(19,20)21/h1-3H,(H,14,15)(H2,19,20,21). The second-order valence-corrected chi connectivity index (χ2v) is 6.82. The Morgan fingerprint density at radius 1 is 1.43 bits per heavy atom. The predicted octanol–water partition coefficient (Wildman–Crippen LogP) is 2.44. The molecule has 3 aromatic rings. The number of nitrogens with one attached hydrogen (secondary N) is 1. The summed E-state index contributed by atoms with van der Waals surface area (Å²) < 4.78 is 30.1. The number of halogens is 2. The van der Waals surface area contributed by atoms with Crippen molar-refractivity contribution in [2.45, 2.75) is 0 Å². The molecule has 0 saturated carbocycles. The summed E-state index contributed by atoms with van der Waals surface area (Å²) in [6.07, 6.45) is 0. The summed E-state index contributed by atoms with van der Waals surface area (Å²) in [6, 6.07) is 3.21. The molecule has 0 aliphatic heterocycles. The van der Waals surface area contributed by atoms with Crippen molar-refractivity contribution in [1.82, 2.24) is 9.97 Å². The lowest BCUT2D eigenvalue weighted by Crippen LogP contribution is -1.98. The van der Waals surface area contributed by atoms with Gasteiger partial charge in [0.05, 0.1) is 4.92 Å². The molecule has 1 aromatic carbocycles. The summed E-state index contributed by atoms with van der Waals surface area (Å²) in [4.78, 5) is 34.7. The van der Waals surface area contributed by atoms with E-state index < -0.39 is 29.5 Å². The average Bonchev–Trinajstić information content (AvgIpc) is 3.03. The molecule has 0 fully saturated rings. The maximum atomic E-state index is 13.8. The molecule has 3 N–H and O–H groups in total. The fourth-order valence-corrected chi connectivity index (χ4v) is 2.97. The molecule has 3 rings (SSSR count). The fraction of sp³-hybridized carbons (Fsp3) is 0. The smallest absolute Gasteiger partial charge is 0.391 e. The van der Waals surface area contributed by atoms with Gasteiger partial charge >= 0.3 is 13.3 Å². The topological polar surface area (TPSA) is 142 Å². The quantitative estimate of drug-likeness (QED) is 0.345. The number of hydrogen-bond acceptors (Lipinski definition) is 5. The molecule has 0 aliphatic rings. The van der Waals surface area contributed by atoms with Gasteiger partial charge in [0.25, 0.3) is 0 Å². The highest BCUT2D eigenvalue weighted by atomic mass is 79.9. The highest BCUT2D eigenvalue weighted by Gasteiger charge is 2.27. The van der Waals surface area contributed by atoms with E-state index in [4.69, 9.17) is 14.2 Å². The van der Waals surface area contributed by atoms with Gasteiger partial charge in [0.15, 0.2) is 11.6 Å². The monoisotopic (exact) mass is 405 g/mol. The lowest BCUT2D eigenvalue weighted by molar-refractivity contribution is -0.385. The average molecular weight is 406 g/mol. The van der Waals surface area contributed by atoms with E-state index in [1.807, 2.05) is 0 Å². The van der Waals surface area contributed by atoms with E-state index >= 15 is 0 Å². The van der Waals surface area contributed by atoms with Gasteiger partial charge in [-0.2, -0.15) is 4.39 Å². The Kier molecular flexibility index (Phi) is 3.60. The number of aromatic amines is 1. The number of rotatable bonds is 3. The second kappa shape index (κ2) is 5.24. The Hall–Kier alpha value is -2.07. The van der Waals surface area contributed by atoms with Crippen LogP contribution in [0.2, 0.25) is 0 Å². The van der Waals surface area contributed by atoms with E-state index in [-0.39, 0.29) is 27.1 Å². The van der Waals surface area contributed by atoms with E-state index in [1.54, 1.807) is 0 Å². The minimum absolute atomic E-state index is 0.0332. The van der Waals surface area contributed by atoms with Gasteiger partial charge in [-0.25, -0.2) is 4.98 Å². The molecular weight excluding hydrogens is 400 g/mol. The first-order valence-electron chi connectivity index (χ1n) is 5.87. The Morgan fingerprint density at radius 3 is 2.70 bits per heavy atom. The fourth-order valence-electron chi connectivity index (χ4n) is 1.99. The molecule has 0 radical (unpaired) electrons. The van der Waals surface area contributed by atoms with Crippen molar-refractivity contribution in [2.75, 3.05) is 0 Å². The van der Waals surface area contributed by atoms with Crippen molar-refractivity contribution < 1.29 is 28.1 Å². The summed E-state index contributed by atoms with van der Waals surface area (Å²) in [5.41, 5.74) is -1.45. The summed E-state index contributed by atoms with van der Waals surface area (Å²) in [5, 5.41) is 11.0. The summed E-state index contributed by atoms with van der Waals surface area (Å²) >= 11 is 3.05. The largest absolute Gasteiger partial charge is 0.445 e. The third-order valence-electron chi connectivity index (χ3n) is 2.94. The number of imidazole rings is 1. The van der Waals surface area contributed by atoms with E-state index in [2.05, 4.69) is 25.9 Å². The zero-order chi connectivity index (χ0) is 16.9. The van der Waals surface area contributed by atoms with Crippen LogP contribution in [0.1, 0.15) is 0 Å². The highest BCUT2D eigenvalue weighted by Crippen LogP contribution is 2.37. The number of nitro benzene ring substituents is 1. The summed E-state index contributed by atoms with van der Waals surface area (Å²) in [7, 11) is -4.58. The maximum absolute atomic E-state index is 13.8. The molecule has 0 spiro atoms. The number of fused-ring (bicyclic) bond motifs is 1. The van der Waals surface area contributed by atoms with Gasteiger partial charge in [0, 0.05) is 4.47 Å². The lowest BCUT2D eigenvalue weighted by Gasteiger charge is -1.97. The van der Waals surface area contributed by atoms with E-state index in [9.17, 15) is 19.1 Å². The van der Waals surface area contributed by atoms with Crippen LogP contribution >= 0.6 is 23.5 Å². The maximum Gasteiger partial charge on any atom is 0.391 e. The Bertz CT molecular complexity index is 993. The minimum atomic E-state index is -4.58. The summed E-state index contributed by atoms with van der Waals surface area (Å²) in [5.74, 6) is -1.14. The van der Waals surface area contributed by atoms with Crippen LogP contribution in [0.25, 0.3) is 22.6 Å². The molecule has 0 amide bonds. The molecule has 2 heterocycles. The zero-order valence-corrected chi connectivity index (χ0v) is 13.3. The number of H-pyrrole nitrogens is 1. The first-order chi connectivity index (χ1) is 10.7. The number of aromatic nitrogens is 2. The Balaban J connectivity index is 2.23. The van der Waals surface area contributed by atoms with Crippen LogP contribution in [0.15, 0.2) is 27.1 Å². The first-order valence-corrected chi connectivity index (χ1v) is 8.27. The molecule has 0 saturated heterocycles. The number of nitrogens with zero attached hydrogens (tertiary/aromatic N) is 2. The normalized spacial score (nSPS) is 12.0. The van der Waals surface area contributed by atoms with Gasteiger partial charge in [0.2, 0.25) is 11.3 Å². The number of benzene rings is 1. The molecule has 0 unspecified atom stereocenters. The van der Waals surface area contributed by atoms with Gasteiger partial charge in [-0.05, 0) is 34.1 Å². The third kappa shape index (κ3) is 2.68. The Morgan fingerprint density at radius 2 is 2.13 bits per heavy atom. The van der Waals surface area contributed by atoms with Gasteiger partial charge in [-0.3, -0.25) is 14.7 Å². The van der Waals surface area contributed by atoms with Crippen LogP contribution in [-0.2, 0) is 4.57 Å². The number of nitro groups is 1. The molecule has 0 atom stereocenters. The van der Waals surface area contributed by atoms with Crippen molar-refractivity contribution in [2.24, 2.45) is 0 Å². The van der Waals surface area contributed by atoms with Crippen LogP contribution in [0, 0.1) is 15.9 Å². The number of hydrogen-bond donors (Lipinski definition) is 3.